The SMILES string of the molecule is COc1ccccc1CN1CCN(c2ccc(-c3cc(-c4cnn(C)c4)cn4ncc(C#N)c34)cn2)CC1. The van der Waals surface area contributed by atoms with E-state index in [4.69, 9.17) is 9.72 Å². The fourth-order valence-corrected chi connectivity index (χ4v) is 5.09. The van der Waals surface area contributed by atoms with Crippen LogP contribution in [0.15, 0.2) is 73.4 Å². The summed E-state index contributed by atoms with van der Waals surface area (Å²) in [7, 11) is 3.62. The summed E-state index contributed by atoms with van der Waals surface area (Å²) >= 11 is 0. The zero-order valence-corrected chi connectivity index (χ0v) is 21.4. The number of piperazine rings is 1. The lowest BCUT2D eigenvalue weighted by Gasteiger charge is -2.35. The van der Waals surface area contributed by atoms with Crippen molar-refractivity contribution in [2.75, 3.05) is 38.2 Å². The van der Waals surface area contributed by atoms with Gasteiger partial charge in [-0.15, -0.1) is 0 Å². The van der Waals surface area contributed by atoms with E-state index in [9.17, 15) is 5.26 Å². The lowest BCUT2D eigenvalue weighted by Crippen LogP contribution is -2.46. The molecular weight excluding hydrogens is 476 g/mol. The van der Waals surface area contributed by atoms with Crippen LogP contribution >= 0.6 is 0 Å². The highest BCUT2D eigenvalue weighted by Crippen LogP contribution is 2.32. The standard InChI is InChI=1S/C29H28N8O/c1-34-18-25(17-32-34)23-13-26(29-24(14-30)16-33-37(29)20-23)21-7-8-28(31-15-21)36-11-9-35(10-12-36)19-22-5-3-4-6-27(22)38-2/h3-8,13,15-18,20H,9-12,19H2,1-2H3. The number of hydrogen-bond acceptors (Lipinski definition) is 7. The molecule has 9 heteroatoms. The molecule has 1 saturated heterocycles. The molecule has 190 valence electrons. The number of aryl methyl sites for hydroxylation is 1. The number of aromatic nitrogens is 5. The number of pyridine rings is 2. The Balaban J connectivity index is 1.23. The average molecular weight is 505 g/mol. The molecule has 0 atom stereocenters. The number of methoxy groups -OCH3 is 1. The third-order valence-electron chi connectivity index (χ3n) is 7.11. The quantitative estimate of drug-likeness (QED) is 0.345. The van der Waals surface area contributed by atoms with Crippen molar-refractivity contribution in [2.45, 2.75) is 6.54 Å². The summed E-state index contributed by atoms with van der Waals surface area (Å²) in [6, 6.07) is 16.7. The minimum Gasteiger partial charge on any atom is -0.496 e. The first-order valence-electron chi connectivity index (χ1n) is 12.6. The molecule has 5 aromatic rings. The van der Waals surface area contributed by atoms with E-state index >= 15 is 0 Å². The Labute approximate surface area is 221 Å². The highest BCUT2D eigenvalue weighted by Gasteiger charge is 2.20. The van der Waals surface area contributed by atoms with Crippen LogP contribution in [-0.2, 0) is 13.6 Å². The highest BCUT2D eigenvalue weighted by atomic mass is 16.5. The second-order valence-corrected chi connectivity index (χ2v) is 9.49. The number of nitrogens with zero attached hydrogens (tertiary/aromatic N) is 8. The predicted octanol–water partition coefficient (Wildman–Crippen LogP) is 4.00. The Morgan fingerprint density at radius 3 is 2.47 bits per heavy atom. The van der Waals surface area contributed by atoms with E-state index in [0.717, 1.165) is 72.1 Å². The molecule has 9 nitrogen and oxygen atoms in total. The zero-order chi connectivity index (χ0) is 26.1. The molecule has 1 aromatic carbocycles. The van der Waals surface area contributed by atoms with Gasteiger partial charge in [0.2, 0.25) is 0 Å². The number of fused-ring (bicyclic) bond motifs is 1. The van der Waals surface area contributed by atoms with E-state index in [0.29, 0.717) is 5.56 Å². The second kappa shape index (κ2) is 10.00. The number of benzene rings is 1. The molecule has 0 spiro atoms. The van der Waals surface area contributed by atoms with Crippen molar-refractivity contribution < 1.29 is 4.74 Å². The van der Waals surface area contributed by atoms with Crippen molar-refractivity contribution in [1.82, 2.24) is 29.3 Å². The minimum atomic E-state index is 0.535. The van der Waals surface area contributed by atoms with E-state index in [-0.39, 0.29) is 0 Å². The fourth-order valence-electron chi connectivity index (χ4n) is 5.09. The predicted molar refractivity (Wildman–Crippen MR) is 146 cm³/mol. The Bertz CT molecular complexity index is 1620. The third kappa shape index (κ3) is 4.46. The largest absolute Gasteiger partial charge is 0.496 e. The number of anilines is 1. The number of rotatable bonds is 6. The maximum atomic E-state index is 9.69. The van der Waals surface area contributed by atoms with E-state index in [1.807, 2.05) is 44.0 Å². The molecule has 0 unspecified atom stereocenters. The van der Waals surface area contributed by atoms with Crippen molar-refractivity contribution in [3.05, 3.63) is 84.6 Å². The number of ether oxygens (including phenoxy) is 1. The Morgan fingerprint density at radius 1 is 0.921 bits per heavy atom. The molecule has 0 aliphatic carbocycles. The molecule has 0 bridgehead atoms. The van der Waals surface area contributed by atoms with Gasteiger partial charge in [0.1, 0.15) is 17.6 Å². The minimum absolute atomic E-state index is 0.535. The van der Waals surface area contributed by atoms with Crippen molar-refractivity contribution >= 4 is 11.3 Å². The molecule has 4 aromatic heterocycles. The van der Waals surface area contributed by atoms with Crippen LogP contribution in [0.4, 0.5) is 5.82 Å². The molecule has 0 saturated carbocycles. The lowest BCUT2D eigenvalue weighted by atomic mass is 10.0. The molecule has 38 heavy (non-hydrogen) atoms. The lowest BCUT2D eigenvalue weighted by molar-refractivity contribution is 0.245. The van der Waals surface area contributed by atoms with Gasteiger partial charge in [-0.2, -0.15) is 15.5 Å². The maximum absolute atomic E-state index is 9.69. The van der Waals surface area contributed by atoms with Crippen LogP contribution < -0.4 is 9.64 Å². The Kier molecular flexibility index (Phi) is 6.23. The third-order valence-corrected chi connectivity index (χ3v) is 7.11. The van der Waals surface area contributed by atoms with E-state index in [2.05, 4.69) is 56.4 Å². The van der Waals surface area contributed by atoms with Crippen LogP contribution in [0.1, 0.15) is 11.1 Å². The molecule has 0 N–H and O–H groups in total. The summed E-state index contributed by atoms with van der Waals surface area (Å²) < 4.78 is 9.06. The van der Waals surface area contributed by atoms with Crippen molar-refractivity contribution in [3.63, 3.8) is 0 Å². The first-order valence-corrected chi connectivity index (χ1v) is 12.6. The zero-order valence-electron chi connectivity index (χ0n) is 21.4. The Hall–Kier alpha value is -4.68. The summed E-state index contributed by atoms with van der Waals surface area (Å²) in [5.41, 5.74) is 6.34. The molecule has 5 heterocycles. The summed E-state index contributed by atoms with van der Waals surface area (Å²) in [6.45, 7) is 4.60. The first kappa shape index (κ1) is 23.7. The van der Waals surface area contributed by atoms with E-state index in [1.165, 1.54) is 5.56 Å². The smallest absolute Gasteiger partial charge is 0.128 e. The second-order valence-electron chi connectivity index (χ2n) is 9.49. The molecule has 1 aliphatic heterocycles. The van der Waals surface area contributed by atoms with Gasteiger partial charge in [-0.05, 0) is 24.3 Å². The number of nitriles is 1. The first-order chi connectivity index (χ1) is 18.6. The molecular formula is C29H28N8O. The van der Waals surface area contributed by atoms with Gasteiger partial charge in [0, 0.05) is 86.2 Å². The van der Waals surface area contributed by atoms with Gasteiger partial charge in [0.15, 0.2) is 0 Å². The molecule has 0 amide bonds. The van der Waals surface area contributed by atoms with Crippen LogP contribution in [0.25, 0.3) is 27.8 Å². The van der Waals surface area contributed by atoms with Crippen LogP contribution in [0.2, 0.25) is 0 Å². The van der Waals surface area contributed by atoms with Crippen molar-refractivity contribution in [3.8, 4) is 34.1 Å². The van der Waals surface area contributed by atoms with Crippen LogP contribution in [0, 0.1) is 11.3 Å². The highest BCUT2D eigenvalue weighted by molar-refractivity contribution is 5.87. The van der Waals surface area contributed by atoms with Gasteiger partial charge >= 0.3 is 0 Å². The normalized spacial score (nSPS) is 14.1. The van der Waals surface area contributed by atoms with Gasteiger partial charge in [0.05, 0.1) is 30.6 Å². The average Bonchev–Trinajstić information content (AvgIpc) is 3.59. The van der Waals surface area contributed by atoms with E-state index < -0.39 is 0 Å². The summed E-state index contributed by atoms with van der Waals surface area (Å²) in [4.78, 5) is 9.60. The molecule has 0 radical (unpaired) electrons. The van der Waals surface area contributed by atoms with Gasteiger partial charge in [-0.25, -0.2) is 9.50 Å². The van der Waals surface area contributed by atoms with Gasteiger partial charge in [-0.3, -0.25) is 9.58 Å². The van der Waals surface area contributed by atoms with Gasteiger partial charge in [-0.1, -0.05) is 18.2 Å². The van der Waals surface area contributed by atoms with Crippen LogP contribution in [0.3, 0.4) is 0 Å². The molecule has 1 aliphatic rings. The topological polar surface area (TPSA) is 87.5 Å². The van der Waals surface area contributed by atoms with E-state index in [1.54, 1.807) is 22.5 Å². The van der Waals surface area contributed by atoms with Crippen LogP contribution in [0.5, 0.6) is 5.75 Å². The number of hydrogen-bond donors (Lipinski definition) is 0. The van der Waals surface area contributed by atoms with Crippen molar-refractivity contribution in [1.29, 1.82) is 5.26 Å². The maximum Gasteiger partial charge on any atom is 0.128 e. The monoisotopic (exact) mass is 504 g/mol. The van der Waals surface area contributed by atoms with Gasteiger partial charge < -0.3 is 9.64 Å². The fraction of sp³-hybridized carbons (Fsp3) is 0.241. The number of para-hydroxylation sites is 1. The van der Waals surface area contributed by atoms with Crippen molar-refractivity contribution in [2.24, 2.45) is 7.05 Å². The summed E-state index contributed by atoms with van der Waals surface area (Å²) in [5, 5.41) is 18.4. The summed E-state index contributed by atoms with van der Waals surface area (Å²) in [5.74, 6) is 1.89. The summed E-state index contributed by atoms with van der Waals surface area (Å²) in [6.07, 6.45) is 9.23. The van der Waals surface area contributed by atoms with Crippen LogP contribution in [-0.4, -0.2) is 62.6 Å². The van der Waals surface area contributed by atoms with Gasteiger partial charge in [0.25, 0.3) is 0 Å². The molecule has 6 rings (SSSR count). The Morgan fingerprint density at radius 2 is 1.76 bits per heavy atom. The molecule has 1 fully saturated rings.